The van der Waals surface area contributed by atoms with Crippen LogP contribution in [0.15, 0.2) is 18.6 Å². The number of fused-ring (bicyclic) bond motifs is 2. The van der Waals surface area contributed by atoms with E-state index in [4.69, 9.17) is 0 Å². The third-order valence-corrected chi connectivity index (χ3v) is 5.65. The number of anilines is 1. The summed E-state index contributed by atoms with van der Waals surface area (Å²) in [4.78, 5) is 27.0. The fourth-order valence-electron chi connectivity index (χ4n) is 4.38. The van der Waals surface area contributed by atoms with Gasteiger partial charge in [0, 0.05) is 32.4 Å². The third-order valence-electron chi connectivity index (χ3n) is 5.65. The second-order valence-corrected chi connectivity index (χ2v) is 7.28. The topological polar surface area (TPSA) is 65.1 Å². The summed E-state index contributed by atoms with van der Waals surface area (Å²) in [5.74, 6) is 0.555. The molecule has 1 aliphatic carbocycles. The molecule has 3 heterocycles. The first-order chi connectivity index (χ1) is 12.3. The van der Waals surface area contributed by atoms with Crippen LogP contribution in [-0.2, 0) is 4.79 Å². The van der Waals surface area contributed by atoms with Gasteiger partial charge < -0.3 is 14.8 Å². The number of amides is 1. The largest absolute Gasteiger partial charge is 0.397 e. The van der Waals surface area contributed by atoms with Crippen molar-refractivity contribution in [3.63, 3.8) is 0 Å². The summed E-state index contributed by atoms with van der Waals surface area (Å²) >= 11 is 0. The Labute approximate surface area is 148 Å². The first kappa shape index (κ1) is 17.1. The molecule has 0 unspecified atom stereocenters. The van der Waals surface area contributed by atoms with E-state index in [2.05, 4.69) is 19.9 Å². The highest BCUT2D eigenvalue weighted by atomic mass is 19.4. The van der Waals surface area contributed by atoms with Gasteiger partial charge in [-0.3, -0.25) is 4.79 Å². The van der Waals surface area contributed by atoms with E-state index in [1.165, 1.54) is 11.2 Å². The summed E-state index contributed by atoms with van der Waals surface area (Å²) in [5.41, 5.74) is 0.781. The molecule has 0 aromatic carbocycles. The molecular weight excluding hydrogens is 347 g/mol. The van der Waals surface area contributed by atoms with Crippen molar-refractivity contribution in [3.8, 4) is 0 Å². The van der Waals surface area contributed by atoms with Crippen LogP contribution < -0.4 is 4.90 Å². The molecule has 1 aliphatic heterocycles. The molecule has 1 saturated heterocycles. The summed E-state index contributed by atoms with van der Waals surface area (Å²) in [7, 11) is 1.99. The Morgan fingerprint density at radius 1 is 1.31 bits per heavy atom. The number of H-pyrrole nitrogens is 1. The number of carbonyl (C=O) groups excluding carboxylic acids is 1. The highest BCUT2D eigenvalue weighted by Crippen LogP contribution is 2.41. The van der Waals surface area contributed by atoms with E-state index >= 15 is 0 Å². The number of nitrogens with zero attached hydrogens (tertiary/aromatic N) is 4. The normalized spacial score (nSPS) is 25.7. The minimum atomic E-state index is -4.44. The first-order valence-corrected chi connectivity index (χ1v) is 8.67. The Kier molecular flexibility index (Phi) is 4.04. The van der Waals surface area contributed by atoms with Gasteiger partial charge in [0.25, 0.3) is 0 Å². The summed E-state index contributed by atoms with van der Waals surface area (Å²) in [6.45, 7) is 0.848. The lowest BCUT2D eigenvalue weighted by Gasteiger charge is -2.28. The van der Waals surface area contributed by atoms with Gasteiger partial charge >= 0.3 is 6.18 Å². The lowest BCUT2D eigenvalue weighted by atomic mass is 10.0. The van der Waals surface area contributed by atoms with Gasteiger partial charge in [-0.05, 0) is 30.7 Å². The van der Waals surface area contributed by atoms with E-state index < -0.39 is 18.5 Å². The number of rotatable bonds is 3. The van der Waals surface area contributed by atoms with Gasteiger partial charge in [-0.15, -0.1) is 0 Å². The lowest BCUT2D eigenvalue weighted by molar-refractivity contribution is -0.160. The molecule has 140 valence electrons. The van der Waals surface area contributed by atoms with Gasteiger partial charge in [0.1, 0.15) is 24.2 Å². The molecule has 2 aromatic heterocycles. The summed E-state index contributed by atoms with van der Waals surface area (Å²) < 4.78 is 37.3. The van der Waals surface area contributed by atoms with Crippen LogP contribution in [0.1, 0.15) is 19.3 Å². The fourth-order valence-corrected chi connectivity index (χ4v) is 4.38. The molecule has 4 rings (SSSR count). The van der Waals surface area contributed by atoms with Crippen LogP contribution in [0, 0.1) is 11.8 Å². The fraction of sp³-hybridized carbons (Fsp3) is 0.588. The number of hydrogen-bond donors (Lipinski definition) is 1. The number of aromatic nitrogens is 3. The predicted octanol–water partition coefficient (Wildman–Crippen LogP) is 2.58. The summed E-state index contributed by atoms with van der Waals surface area (Å²) in [6, 6.07) is 2.20. The van der Waals surface area contributed by atoms with Crippen LogP contribution in [0.4, 0.5) is 19.0 Å². The molecule has 1 amide bonds. The minimum absolute atomic E-state index is 0.253. The number of hydrogen-bond acceptors (Lipinski definition) is 4. The second-order valence-electron chi connectivity index (χ2n) is 7.28. The molecule has 3 atom stereocenters. The Hall–Kier alpha value is -2.32. The molecule has 0 bridgehead atoms. The van der Waals surface area contributed by atoms with E-state index in [1.54, 1.807) is 0 Å². The number of nitrogens with one attached hydrogen (secondary N) is 1. The van der Waals surface area contributed by atoms with Crippen LogP contribution in [0.25, 0.3) is 11.0 Å². The molecule has 1 saturated carbocycles. The SMILES string of the molecule is CN(c1ncnc2[nH]ccc12)[C@H]1C[C@@H]2CN(C(=O)CC(F)(F)F)C[C@@H]2C1. The van der Waals surface area contributed by atoms with Crippen molar-refractivity contribution in [2.45, 2.75) is 31.5 Å². The van der Waals surface area contributed by atoms with Crippen molar-refractivity contribution in [1.82, 2.24) is 19.9 Å². The molecular formula is C17H20F3N5O. The maximum Gasteiger partial charge on any atom is 0.397 e. The average molecular weight is 367 g/mol. The molecule has 2 fully saturated rings. The zero-order valence-electron chi connectivity index (χ0n) is 14.3. The number of carbonyl (C=O) groups is 1. The van der Waals surface area contributed by atoms with E-state index in [0.29, 0.717) is 13.1 Å². The van der Waals surface area contributed by atoms with Crippen molar-refractivity contribution < 1.29 is 18.0 Å². The van der Waals surface area contributed by atoms with Crippen LogP contribution in [0.3, 0.4) is 0 Å². The maximum atomic E-state index is 12.4. The van der Waals surface area contributed by atoms with Gasteiger partial charge in [0.2, 0.25) is 5.91 Å². The van der Waals surface area contributed by atoms with Crippen LogP contribution in [0.5, 0.6) is 0 Å². The summed E-state index contributed by atoms with van der Waals surface area (Å²) in [6.07, 6.45) is -0.739. The molecule has 1 N–H and O–H groups in total. The standard InChI is InChI=1S/C17H20F3N5O/c1-24(16-13-2-3-21-15(13)22-9-23-16)12-4-10-7-25(8-11(10)5-12)14(26)6-17(18,19)20/h2-3,9-12H,4-8H2,1H3,(H,21,22,23)/t10-,11+,12+. The van der Waals surface area contributed by atoms with Gasteiger partial charge in [-0.2, -0.15) is 13.2 Å². The minimum Gasteiger partial charge on any atom is -0.356 e. The second kappa shape index (κ2) is 6.14. The molecule has 0 spiro atoms. The lowest BCUT2D eigenvalue weighted by Crippen LogP contribution is -2.36. The molecule has 0 radical (unpaired) electrons. The molecule has 26 heavy (non-hydrogen) atoms. The van der Waals surface area contributed by atoms with Crippen molar-refractivity contribution >= 4 is 22.8 Å². The van der Waals surface area contributed by atoms with Crippen molar-refractivity contribution in [1.29, 1.82) is 0 Å². The molecule has 2 aliphatic rings. The van der Waals surface area contributed by atoms with Crippen molar-refractivity contribution in [2.24, 2.45) is 11.8 Å². The smallest absolute Gasteiger partial charge is 0.356 e. The number of halogens is 3. The van der Waals surface area contributed by atoms with Crippen LogP contribution in [-0.4, -0.2) is 58.1 Å². The van der Waals surface area contributed by atoms with E-state index in [0.717, 1.165) is 29.7 Å². The van der Waals surface area contributed by atoms with Gasteiger partial charge in [0.05, 0.1) is 5.39 Å². The zero-order valence-corrected chi connectivity index (χ0v) is 14.3. The maximum absolute atomic E-state index is 12.4. The zero-order chi connectivity index (χ0) is 18.5. The average Bonchev–Trinajstić information content (AvgIpc) is 3.25. The van der Waals surface area contributed by atoms with Crippen molar-refractivity contribution in [2.75, 3.05) is 25.0 Å². The monoisotopic (exact) mass is 367 g/mol. The molecule has 9 heteroatoms. The molecule has 6 nitrogen and oxygen atoms in total. The van der Waals surface area contributed by atoms with Gasteiger partial charge in [-0.1, -0.05) is 0 Å². The van der Waals surface area contributed by atoms with E-state index in [9.17, 15) is 18.0 Å². The molecule has 2 aromatic rings. The van der Waals surface area contributed by atoms with E-state index in [1.807, 2.05) is 19.3 Å². The first-order valence-electron chi connectivity index (χ1n) is 8.67. The highest BCUT2D eigenvalue weighted by molar-refractivity contribution is 5.87. The Morgan fingerprint density at radius 2 is 2.00 bits per heavy atom. The Morgan fingerprint density at radius 3 is 2.65 bits per heavy atom. The Bertz CT molecular complexity index is 806. The van der Waals surface area contributed by atoms with E-state index in [-0.39, 0.29) is 17.9 Å². The number of alkyl halides is 3. The summed E-state index contributed by atoms with van der Waals surface area (Å²) in [5, 5.41) is 0.953. The quantitative estimate of drug-likeness (QED) is 0.906. The highest BCUT2D eigenvalue weighted by Gasteiger charge is 2.45. The Balaban J connectivity index is 1.42. The third kappa shape index (κ3) is 3.10. The number of likely N-dealkylation sites (tertiary alicyclic amines) is 1. The van der Waals surface area contributed by atoms with Gasteiger partial charge in [0.15, 0.2) is 0 Å². The van der Waals surface area contributed by atoms with Gasteiger partial charge in [-0.25, -0.2) is 9.97 Å². The van der Waals surface area contributed by atoms with Crippen molar-refractivity contribution in [3.05, 3.63) is 18.6 Å². The van der Waals surface area contributed by atoms with Crippen LogP contribution >= 0.6 is 0 Å². The number of aromatic amines is 1. The van der Waals surface area contributed by atoms with Crippen LogP contribution in [0.2, 0.25) is 0 Å². The predicted molar refractivity (Wildman–Crippen MR) is 89.5 cm³/mol.